The van der Waals surface area contributed by atoms with Crippen LogP contribution in [0.1, 0.15) is 10.4 Å². The fraction of sp³-hybridized carbons (Fsp3) is 0.0769. The Balaban J connectivity index is 0.00000200. The van der Waals surface area contributed by atoms with Crippen LogP contribution in [0.5, 0.6) is 5.75 Å². The maximum Gasteiger partial charge on any atom is 1.00 e. The van der Waals surface area contributed by atoms with Gasteiger partial charge in [0.1, 0.15) is 17.1 Å². The van der Waals surface area contributed by atoms with Gasteiger partial charge in [-0.15, -0.1) is 0 Å². The third kappa shape index (κ3) is 4.96. The molecule has 0 spiro atoms. The first-order valence-corrected chi connectivity index (χ1v) is 5.78. The number of carbonyl (C=O) groups is 1. The van der Waals surface area contributed by atoms with Gasteiger partial charge in [-0.05, 0) is 24.3 Å². The summed E-state index contributed by atoms with van der Waals surface area (Å²) in [6, 6.07) is 8.05. The van der Waals surface area contributed by atoms with Crippen LogP contribution in [0.4, 0.5) is 11.5 Å². The van der Waals surface area contributed by atoms with Crippen LogP contribution in [0.3, 0.4) is 0 Å². The Bertz CT molecular complexity index is 625. The number of rotatable bonds is 4. The molecule has 0 aliphatic rings. The van der Waals surface area contributed by atoms with Gasteiger partial charge in [-0.3, -0.25) is 0 Å². The summed E-state index contributed by atoms with van der Waals surface area (Å²) in [6.45, 7) is 0. The van der Waals surface area contributed by atoms with Crippen molar-refractivity contribution in [2.24, 2.45) is 0 Å². The van der Waals surface area contributed by atoms with Crippen molar-refractivity contribution in [1.82, 2.24) is 4.98 Å². The summed E-state index contributed by atoms with van der Waals surface area (Å²) >= 11 is 5.94. The number of aromatic nitrogens is 1. The molecular formula is C13H12ClLiN2O4. The van der Waals surface area contributed by atoms with Gasteiger partial charge >= 0.3 is 24.8 Å². The number of nitrogens with one attached hydrogen (secondary N) is 1. The second kappa shape index (κ2) is 8.55. The van der Waals surface area contributed by atoms with Crippen molar-refractivity contribution in [3.05, 3.63) is 47.1 Å². The Morgan fingerprint density at radius 3 is 2.71 bits per heavy atom. The van der Waals surface area contributed by atoms with Gasteiger partial charge in [0.25, 0.3) is 0 Å². The van der Waals surface area contributed by atoms with Crippen LogP contribution in [-0.4, -0.2) is 28.6 Å². The average Bonchev–Trinajstić information content (AvgIpc) is 2.38. The monoisotopic (exact) mass is 302 g/mol. The Kier molecular flexibility index (Phi) is 7.85. The van der Waals surface area contributed by atoms with E-state index in [-0.39, 0.29) is 35.7 Å². The zero-order chi connectivity index (χ0) is 13.8. The fourth-order valence-corrected chi connectivity index (χ4v) is 1.79. The summed E-state index contributed by atoms with van der Waals surface area (Å²) in [5, 5.41) is 12.5. The molecule has 2 rings (SSSR count). The van der Waals surface area contributed by atoms with Gasteiger partial charge in [0.2, 0.25) is 0 Å². The van der Waals surface area contributed by atoms with E-state index < -0.39 is 5.97 Å². The molecule has 0 fully saturated rings. The second-order valence-electron chi connectivity index (χ2n) is 3.71. The van der Waals surface area contributed by atoms with Crippen LogP contribution in [0.25, 0.3) is 0 Å². The van der Waals surface area contributed by atoms with Gasteiger partial charge in [-0.1, -0.05) is 11.6 Å². The molecule has 0 radical (unpaired) electrons. The van der Waals surface area contributed by atoms with E-state index in [2.05, 4.69) is 10.3 Å². The van der Waals surface area contributed by atoms with Crippen LogP contribution < -0.4 is 28.9 Å². The summed E-state index contributed by atoms with van der Waals surface area (Å²) < 4.78 is 5.09. The SMILES string of the molecule is COc1cc(Cl)cc(Nc2ncccc2C(=O)O)c1.[Li+].[OH-]. The molecule has 21 heavy (non-hydrogen) atoms. The molecule has 1 aromatic carbocycles. The normalized spacial score (nSPS) is 9.05. The molecule has 106 valence electrons. The van der Waals surface area contributed by atoms with Gasteiger partial charge in [0.15, 0.2) is 0 Å². The Labute approximate surface area is 138 Å². The minimum absolute atomic E-state index is 0. The van der Waals surface area contributed by atoms with Crippen LogP contribution in [0.2, 0.25) is 5.02 Å². The summed E-state index contributed by atoms with van der Waals surface area (Å²) in [5.74, 6) is -0.230. The fourth-order valence-electron chi connectivity index (χ4n) is 1.57. The molecule has 2 aromatic rings. The van der Waals surface area contributed by atoms with Gasteiger partial charge in [-0.25, -0.2) is 9.78 Å². The van der Waals surface area contributed by atoms with Crippen LogP contribution >= 0.6 is 11.6 Å². The molecule has 1 aromatic heterocycles. The zero-order valence-electron chi connectivity index (χ0n) is 11.5. The van der Waals surface area contributed by atoms with Crippen molar-refractivity contribution >= 4 is 29.1 Å². The van der Waals surface area contributed by atoms with Crippen molar-refractivity contribution < 1.29 is 39.0 Å². The number of pyridine rings is 1. The number of benzene rings is 1. The van der Waals surface area contributed by atoms with Crippen molar-refractivity contribution in [1.29, 1.82) is 0 Å². The Morgan fingerprint density at radius 2 is 2.10 bits per heavy atom. The molecule has 0 atom stereocenters. The smallest absolute Gasteiger partial charge is 0.870 e. The number of hydrogen-bond acceptors (Lipinski definition) is 5. The molecule has 6 nitrogen and oxygen atoms in total. The predicted octanol–water partition coefficient (Wildman–Crippen LogP) is 0.0126. The van der Waals surface area contributed by atoms with Crippen molar-refractivity contribution in [2.75, 3.05) is 12.4 Å². The third-order valence-electron chi connectivity index (χ3n) is 2.41. The second-order valence-corrected chi connectivity index (χ2v) is 4.15. The predicted molar refractivity (Wildman–Crippen MR) is 74.4 cm³/mol. The van der Waals surface area contributed by atoms with Gasteiger partial charge in [0, 0.05) is 23.0 Å². The van der Waals surface area contributed by atoms with E-state index in [4.69, 9.17) is 21.4 Å². The van der Waals surface area contributed by atoms with Crippen molar-refractivity contribution in [3.8, 4) is 5.75 Å². The van der Waals surface area contributed by atoms with Crippen LogP contribution in [-0.2, 0) is 0 Å². The van der Waals surface area contributed by atoms with E-state index in [1.807, 2.05) is 0 Å². The van der Waals surface area contributed by atoms with Gasteiger partial charge in [-0.2, -0.15) is 0 Å². The summed E-state index contributed by atoms with van der Waals surface area (Å²) in [4.78, 5) is 15.1. The Hall–Kier alpha value is -1.71. The van der Waals surface area contributed by atoms with E-state index >= 15 is 0 Å². The number of anilines is 2. The first kappa shape index (κ1) is 19.3. The number of carboxylic acid groups (broad SMARTS) is 1. The number of nitrogens with zero attached hydrogens (tertiary/aromatic N) is 1. The first-order valence-electron chi connectivity index (χ1n) is 5.40. The number of methoxy groups -OCH3 is 1. The average molecular weight is 303 g/mol. The number of carboxylic acids is 1. The zero-order valence-corrected chi connectivity index (χ0v) is 12.3. The van der Waals surface area contributed by atoms with E-state index in [9.17, 15) is 4.79 Å². The largest absolute Gasteiger partial charge is 1.00 e. The van der Waals surface area contributed by atoms with E-state index in [1.54, 1.807) is 24.3 Å². The molecule has 0 bridgehead atoms. The minimum atomic E-state index is -1.05. The molecule has 1 heterocycles. The van der Waals surface area contributed by atoms with Crippen molar-refractivity contribution in [3.63, 3.8) is 0 Å². The van der Waals surface area contributed by atoms with Crippen LogP contribution in [0, 0.1) is 0 Å². The summed E-state index contributed by atoms with van der Waals surface area (Å²) in [5.41, 5.74) is 0.687. The molecule has 0 unspecified atom stereocenters. The molecule has 3 N–H and O–H groups in total. The van der Waals surface area contributed by atoms with E-state index in [0.717, 1.165) is 0 Å². The Morgan fingerprint density at radius 1 is 1.38 bits per heavy atom. The quantitative estimate of drug-likeness (QED) is 0.772. The summed E-state index contributed by atoms with van der Waals surface area (Å²) in [6.07, 6.45) is 1.51. The van der Waals surface area contributed by atoms with Crippen molar-refractivity contribution in [2.45, 2.75) is 0 Å². The summed E-state index contributed by atoms with van der Waals surface area (Å²) in [7, 11) is 1.53. The molecular weight excluding hydrogens is 291 g/mol. The molecule has 0 amide bonds. The molecule has 0 aliphatic carbocycles. The molecule has 0 saturated carbocycles. The minimum Gasteiger partial charge on any atom is -0.870 e. The van der Waals surface area contributed by atoms with E-state index in [0.29, 0.717) is 16.5 Å². The number of ether oxygens (including phenoxy) is 1. The number of aromatic carboxylic acids is 1. The van der Waals surface area contributed by atoms with E-state index in [1.165, 1.54) is 19.4 Å². The maximum atomic E-state index is 11.1. The number of hydrogen-bond donors (Lipinski definition) is 2. The number of halogens is 1. The molecule has 8 heteroatoms. The molecule has 0 saturated heterocycles. The first-order chi connectivity index (χ1) is 9.10. The standard InChI is InChI=1S/C13H11ClN2O3.Li.H2O/c1-19-10-6-8(14)5-9(7-10)16-12-11(13(17)18)3-2-4-15-12;;/h2-7H,1H3,(H,15,16)(H,17,18);;1H2/q;+1;/p-1. The third-order valence-corrected chi connectivity index (χ3v) is 2.63. The maximum absolute atomic E-state index is 11.1. The topological polar surface area (TPSA) is 101 Å². The molecule has 0 aliphatic heterocycles. The van der Waals surface area contributed by atoms with Gasteiger partial charge < -0.3 is 20.6 Å². The van der Waals surface area contributed by atoms with Gasteiger partial charge in [0.05, 0.1) is 7.11 Å². The van der Waals surface area contributed by atoms with Crippen LogP contribution in [0.15, 0.2) is 36.5 Å².